The summed E-state index contributed by atoms with van der Waals surface area (Å²) in [4.78, 5) is 7.11. The summed E-state index contributed by atoms with van der Waals surface area (Å²) in [5, 5.41) is 17.9. The van der Waals surface area contributed by atoms with E-state index in [-0.39, 0.29) is 12.1 Å². The van der Waals surface area contributed by atoms with Crippen LogP contribution in [0.15, 0.2) is 12.3 Å². The molecular formula is C18H20N6O. The third-order valence-electron chi connectivity index (χ3n) is 5.63. The number of fused-ring (bicyclic) bond motifs is 4. The van der Waals surface area contributed by atoms with Crippen molar-refractivity contribution in [3.8, 4) is 6.07 Å². The molecule has 2 aromatic heterocycles. The van der Waals surface area contributed by atoms with Crippen molar-refractivity contribution in [3.05, 3.63) is 34.8 Å². The molecule has 7 nitrogen and oxygen atoms in total. The molecule has 5 rings (SSSR count). The minimum atomic E-state index is 0.0623. The van der Waals surface area contributed by atoms with E-state index in [1.807, 2.05) is 4.68 Å². The van der Waals surface area contributed by atoms with Gasteiger partial charge in [-0.25, -0.2) is 9.67 Å². The van der Waals surface area contributed by atoms with Crippen molar-refractivity contribution in [1.29, 1.82) is 5.26 Å². The highest BCUT2D eigenvalue weighted by atomic mass is 16.5. The zero-order chi connectivity index (χ0) is 16.8. The van der Waals surface area contributed by atoms with Gasteiger partial charge in [-0.05, 0) is 43.7 Å². The van der Waals surface area contributed by atoms with Crippen molar-refractivity contribution in [2.45, 2.75) is 50.9 Å². The molecule has 0 N–H and O–H groups in total. The van der Waals surface area contributed by atoms with Crippen LogP contribution in [-0.4, -0.2) is 39.2 Å². The third-order valence-corrected chi connectivity index (χ3v) is 5.63. The van der Waals surface area contributed by atoms with Crippen LogP contribution in [0.1, 0.15) is 47.8 Å². The first-order valence-corrected chi connectivity index (χ1v) is 9.02. The summed E-state index contributed by atoms with van der Waals surface area (Å²) in [6, 6.07) is 4.64. The zero-order valence-electron chi connectivity index (χ0n) is 14.1. The van der Waals surface area contributed by atoms with Crippen LogP contribution in [0.5, 0.6) is 0 Å². The van der Waals surface area contributed by atoms with Crippen LogP contribution in [0.4, 0.5) is 5.82 Å². The molecule has 25 heavy (non-hydrogen) atoms. The Kier molecular flexibility index (Phi) is 3.45. The van der Waals surface area contributed by atoms with Crippen molar-refractivity contribution in [1.82, 2.24) is 20.0 Å². The fourth-order valence-corrected chi connectivity index (χ4v) is 4.33. The Hall–Kier alpha value is -2.46. The second-order valence-corrected chi connectivity index (χ2v) is 7.11. The molecule has 0 spiro atoms. The lowest BCUT2D eigenvalue weighted by molar-refractivity contribution is -0.0335. The first-order chi connectivity index (χ1) is 12.3. The monoisotopic (exact) mass is 336 g/mol. The molecule has 0 radical (unpaired) electrons. The van der Waals surface area contributed by atoms with Crippen molar-refractivity contribution in [2.24, 2.45) is 0 Å². The minimum Gasteiger partial charge on any atom is -0.368 e. The maximum atomic E-state index is 9.62. The summed E-state index contributed by atoms with van der Waals surface area (Å²) >= 11 is 0. The number of nitriles is 1. The van der Waals surface area contributed by atoms with Gasteiger partial charge in [0.25, 0.3) is 0 Å². The number of piperidine rings is 1. The Balaban J connectivity index is 1.45. The Morgan fingerprint density at radius 1 is 1.28 bits per heavy atom. The maximum Gasteiger partial charge on any atom is 0.146 e. The molecular weight excluding hydrogens is 316 g/mol. The molecule has 2 aliphatic heterocycles. The Morgan fingerprint density at radius 3 is 3.12 bits per heavy atom. The number of hydrogen-bond donors (Lipinski definition) is 0. The minimum absolute atomic E-state index is 0.0623. The van der Waals surface area contributed by atoms with Gasteiger partial charge in [0, 0.05) is 18.8 Å². The molecule has 1 aliphatic carbocycles. The molecule has 128 valence electrons. The average molecular weight is 336 g/mol. The quantitative estimate of drug-likeness (QED) is 0.790. The predicted octanol–water partition coefficient (Wildman–Crippen LogP) is 1.77. The number of aryl methyl sites for hydroxylation is 2. The lowest BCUT2D eigenvalue weighted by Gasteiger charge is -2.41. The number of rotatable bonds is 1. The van der Waals surface area contributed by atoms with Crippen LogP contribution < -0.4 is 4.90 Å². The van der Waals surface area contributed by atoms with Crippen LogP contribution in [0.25, 0.3) is 0 Å². The van der Waals surface area contributed by atoms with E-state index in [9.17, 15) is 5.26 Å². The van der Waals surface area contributed by atoms with Gasteiger partial charge in [-0.2, -0.15) is 5.26 Å². The van der Waals surface area contributed by atoms with Gasteiger partial charge in [-0.3, -0.25) is 0 Å². The van der Waals surface area contributed by atoms with Crippen LogP contribution >= 0.6 is 0 Å². The molecule has 0 unspecified atom stereocenters. The molecule has 0 amide bonds. The number of hydrogen-bond acceptors (Lipinski definition) is 6. The van der Waals surface area contributed by atoms with E-state index in [2.05, 4.69) is 27.3 Å². The number of nitrogens with zero attached hydrogens (tertiary/aromatic N) is 6. The number of aromatic nitrogens is 4. The molecule has 4 heterocycles. The van der Waals surface area contributed by atoms with Gasteiger partial charge in [-0.15, -0.1) is 5.10 Å². The van der Waals surface area contributed by atoms with Crippen LogP contribution in [0.2, 0.25) is 0 Å². The smallest absolute Gasteiger partial charge is 0.146 e. The molecule has 2 atom stereocenters. The maximum absolute atomic E-state index is 9.62. The van der Waals surface area contributed by atoms with Gasteiger partial charge in [-0.1, -0.05) is 5.21 Å². The van der Waals surface area contributed by atoms with Gasteiger partial charge in [0.1, 0.15) is 11.9 Å². The summed E-state index contributed by atoms with van der Waals surface area (Å²) in [5.74, 6) is 0.828. The number of pyridine rings is 1. The first-order valence-electron chi connectivity index (χ1n) is 9.02. The Morgan fingerprint density at radius 2 is 2.20 bits per heavy atom. The van der Waals surface area contributed by atoms with E-state index >= 15 is 0 Å². The van der Waals surface area contributed by atoms with Gasteiger partial charge in [0.2, 0.25) is 0 Å². The topological polar surface area (TPSA) is 79.9 Å². The zero-order valence-corrected chi connectivity index (χ0v) is 14.1. The molecule has 3 aliphatic rings. The number of ether oxygens (including phenoxy) is 1. The van der Waals surface area contributed by atoms with Crippen LogP contribution in [-0.2, 0) is 24.2 Å². The predicted molar refractivity (Wildman–Crippen MR) is 90.1 cm³/mol. The number of anilines is 1. The molecule has 2 aromatic rings. The van der Waals surface area contributed by atoms with Crippen molar-refractivity contribution < 1.29 is 4.74 Å². The normalized spacial score (nSPS) is 24.8. The lowest BCUT2D eigenvalue weighted by atomic mass is 9.94. The van der Waals surface area contributed by atoms with E-state index in [0.717, 1.165) is 43.9 Å². The molecule has 0 aromatic carbocycles. The summed E-state index contributed by atoms with van der Waals surface area (Å²) in [6.45, 7) is 2.14. The standard InChI is InChI=1S/C18H20N6O/c19-8-13-7-12-3-1-2-4-15(12)21-18(13)23-6-5-16-17(10-23)25-11-14-9-20-22-24(14)16/h7,9,16-17H,1-6,10-11H2/t16-,17-/m0/s1. The van der Waals surface area contributed by atoms with Crippen molar-refractivity contribution in [2.75, 3.05) is 18.0 Å². The summed E-state index contributed by atoms with van der Waals surface area (Å²) in [6.07, 6.45) is 7.21. The summed E-state index contributed by atoms with van der Waals surface area (Å²) < 4.78 is 8.06. The van der Waals surface area contributed by atoms with E-state index in [4.69, 9.17) is 9.72 Å². The summed E-state index contributed by atoms with van der Waals surface area (Å²) in [7, 11) is 0. The van der Waals surface area contributed by atoms with E-state index in [1.165, 1.54) is 24.1 Å². The highest BCUT2D eigenvalue weighted by Crippen LogP contribution is 2.34. The Bertz CT molecular complexity index is 854. The van der Waals surface area contributed by atoms with Crippen molar-refractivity contribution >= 4 is 5.82 Å². The molecule has 7 heteroatoms. The average Bonchev–Trinajstić information content (AvgIpc) is 3.15. The Labute approximate surface area is 146 Å². The highest BCUT2D eigenvalue weighted by Gasteiger charge is 2.37. The molecule has 1 fully saturated rings. The van der Waals surface area contributed by atoms with E-state index in [1.54, 1.807) is 6.20 Å². The SMILES string of the molecule is N#Cc1cc2c(nc1N1CC[C@H]3[C@H](C1)OCc1cnnn13)CCCC2. The van der Waals surface area contributed by atoms with Gasteiger partial charge >= 0.3 is 0 Å². The van der Waals surface area contributed by atoms with E-state index in [0.29, 0.717) is 12.2 Å². The molecule has 0 saturated carbocycles. The van der Waals surface area contributed by atoms with Gasteiger partial charge in [0.15, 0.2) is 0 Å². The first kappa shape index (κ1) is 14.8. The molecule has 1 saturated heterocycles. The molecule has 0 bridgehead atoms. The van der Waals surface area contributed by atoms with E-state index < -0.39 is 0 Å². The van der Waals surface area contributed by atoms with Gasteiger partial charge < -0.3 is 9.64 Å². The van der Waals surface area contributed by atoms with Crippen LogP contribution in [0.3, 0.4) is 0 Å². The second kappa shape index (κ2) is 5.81. The third kappa shape index (κ3) is 2.40. The van der Waals surface area contributed by atoms with Gasteiger partial charge in [0.05, 0.1) is 36.2 Å². The summed E-state index contributed by atoms with van der Waals surface area (Å²) in [5.41, 5.74) is 4.16. The highest BCUT2D eigenvalue weighted by molar-refractivity contribution is 5.57. The van der Waals surface area contributed by atoms with Crippen molar-refractivity contribution in [3.63, 3.8) is 0 Å². The second-order valence-electron chi connectivity index (χ2n) is 7.11. The fraction of sp³-hybridized carbons (Fsp3) is 0.556. The lowest BCUT2D eigenvalue weighted by Crippen LogP contribution is -2.49. The largest absolute Gasteiger partial charge is 0.368 e. The fourth-order valence-electron chi connectivity index (χ4n) is 4.33. The van der Waals surface area contributed by atoms with Crippen LogP contribution in [0, 0.1) is 11.3 Å².